The fraction of sp³-hybridized carbons (Fsp3) is 0.346. The minimum Gasteiger partial charge on any atom is -0.391 e. The normalized spacial score (nSPS) is 21.2. The SMILES string of the molecule is Cc1ccccc1-c1cc2cc(Nc3cnn([C@@H]4CN(C5COC5)CC[C@H]4O)c3)ncc2c(N)n1. The maximum absolute atomic E-state index is 10.6. The van der Waals surface area contributed by atoms with E-state index in [4.69, 9.17) is 10.5 Å². The van der Waals surface area contributed by atoms with E-state index in [1.807, 2.05) is 35.1 Å². The lowest BCUT2D eigenvalue weighted by molar-refractivity contribution is -0.0912. The molecule has 0 spiro atoms. The Balaban J connectivity index is 1.24. The average Bonchev–Trinajstić information content (AvgIpc) is 3.27. The van der Waals surface area contributed by atoms with Gasteiger partial charge in [-0.15, -0.1) is 0 Å². The van der Waals surface area contributed by atoms with Crippen molar-refractivity contribution in [3.8, 4) is 11.3 Å². The Morgan fingerprint density at radius 2 is 2.03 bits per heavy atom. The summed E-state index contributed by atoms with van der Waals surface area (Å²) in [5.74, 6) is 1.15. The Morgan fingerprint density at radius 3 is 2.83 bits per heavy atom. The molecule has 4 N–H and O–H groups in total. The molecular formula is C26H29N7O2. The van der Waals surface area contributed by atoms with Gasteiger partial charge in [0.2, 0.25) is 0 Å². The van der Waals surface area contributed by atoms with Gasteiger partial charge in [-0.25, -0.2) is 9.97 Å². The third kappa shape index (κ3) is 4.22. The number of nitrogens with one attached hydrogen (secondary N) is 1. The Morgan fingerprint density at radius 1 is 1.17 bits per heavy atom. The number of nitrogens with zero attached hydrogens (tertiary/aromatic N) is 5. The molecule has 0 saturated carbocycles. The van der Waals surface area contributed by atoms with Crippen LogP contribution in [0.1, 0.15) is 18.0 Å². The van der Waals surface area contributed by atoms with Crippen LogP contribution in [0.3, 0.4) is 0 Å². The zero-order valence-corrected chi connectivity index (χ0v) is 19.6. The van der Waals surface area contributed by atoms with E-state index >= 15 is 0 Å². The maximum Gasteiger partial charge on any atom is 0.133 e. The highest BCUT2D eigenvalue weighted by Gasteiger charge is 2.35. The summed E-state index contributed by atoms with van der Waals surface area (Å²) in [7, 11) is 0. The van der Waals surface area contributed by atoms with Gasteiger partial charge in [0.1, 0.15) is 11.6 Å². The van der Waals surface area contributed by atoms with E-state index < -0.39 is 6.10 Å². The lowest BCUT2D eigenvalue weighted by Gasteiger charge is -2.43. The van der Waals surface area contributed by atoms with Crippen molar-refractivity contribution in [2.24, 2.45) is 0 Å². The van der Waals surface area contributed by atoms with Crippen LogP contribution >= 0.6 is 0 Å². The summed E-state index contributed by atoms with van der Waals surface area (Å²) in [6.07, 6.45) is 5.75. The number of aromatic nitrogens is 4. The van der Waals surface area contributed by atoms with E-state index in [1.165, 1.54) is 0 Å². The number of ether oxygens (including phenoxy) is 1. The highest BCUT2D eigenvalue weighted by Crippen LogP contribution is 2.30. The molecule has 0 unspecified atom stereocenters. The van der Waals surface area contributed by atoms with Gasteiger partial charge in [-0.2, -0.15) is 5.10 Å². The van der Waals surface area contributed by atoms with Gasteiger partial charge >= 0.3 is 0 Å². The third-order valence-corrected chi connectivity index (χ3v) is 7.09. The predicted octanol–water partition coefficient (Wildman–Crippen LogP) is 3.13. The van der Waals surface area contributed by atoms with Crippen LogP contribution in [-0.2, 0) is 4.74 Å². The second-order valence-corrected chi connectivity index (χ2v) is 9.44. The van der Waals surface area contributed by atoms with Crippen molar-refractivity contribution >= 4 is 28.1 Å². The lowest BCUT2D eigenvalue weighted by Crippen LogP contribution is -2.55. The first-order chi connectivity index (χ1) is 17.0. The number of nitrogen functional groups attached to an aromatic ring is 1. The highest BCUT2D eigenvalue weighted by atomic mass is 16.5. The molecule has 2 aliphatic heterocycles. The fourth-order valence-corrected chi connectivity index (χ4v) is 4.94. The molecule has 35 heavy (non-hydrogen) atoms. The predicted molar refractivity (Wildman–Crippen MR) is 135 cm³/mol. The summed E-state index contributed by atoms with van der Waals surface area (Å²) in [5.41, 5.74) is 10.1. The molecule has 4 aromatic rings. The van der Waals surface area contributed by atoms with Crippen LogP contribution in [0.5, 0.6) is 0 Å². The van der Waals surface area contributed by atoms with Crippen molar-refractivity contribution < 1.29 is 9.84 Å². The number of pyridine rings is 2. The Hall–Kier alpha value is -3.53. The van der Waals surface area contributed by atoms with Gasteiger partial charge in [0, 0.05) is 36.4 Å². The molecule has 9 nitrogen and oxygen atoms in total. The summed E-state index contributed by atoms with van der Waals surface area (Å²) in [5, 5.41) is 20.3. The van der Waals surface area contributed by atoms with E-state index in [-0.39, 0.29) is 6.04 Å². The highest BCUT2D eigenvalue weighted by molar-refractivity contribution is 5.94. The molecule has 5 heterocycles. The third-order valence-electron chi connectivity index (χ3n) is 7.09. The molecule has 3 aromatic heterocycles. The van der Waals surface area contributed by atoms with Gasteiger partial charge in [-0.3, -0.25) is 9.58 Å². The molecule has 180 valence electrons. The fourth-order valence-electron chi connectivity index (χ4n) is 4.94. The number of hydrogen-bond donors (Lipinski definition) is 3. The van der Waals surface area contributed by atoms with Crippen molar-refractivity contribution in [1.82, 2.24) is 24.6 Å². The number of fused-ring (bicyclic) bond motifs is 1. The van der Waals surface area contributed by atoms with E-state index in [1.54, 1.807) is 12.4 Å². The van der Waals surface area contributed by atoms with Crippen molar-refractivity contribution in [1.29, 1.82) is 0 Å². The molecule has 0 aliphatic carbocycles. The summed E-state index contributed by atoms with van der Waals surface area (Å²) in [6, 6.07) is 12.5. The molecule has 0 bridgehead atoms. The first kappa shape index (κ1) is 22.0. The minimum atomic E-state index is -0.422. The van der Waals surface area contributed by atoms with Gasteiger partial charge < -0.3 is 20.9 Å². The van der Waals surface area contributed by atoms with Crippen LogP contribution in [0.25, 0.3) is 22.0 Å². The number of hydrogen-bond acceptors (Lipinski definition) is 8. The van der Waals surface area contributed by atoms with Crippen molar-refractivity contribution in [2.45, 2.75) is 31.5 Å². The van der Waals surface area contributed by atoms with Gasteiger partial charge in [0.25, 0.3) is 0 Å². The molecule has 2 saturated heterocycles. The van der Waals surface area contributed by atoms with Crippen LogP contribution in [-0.4, -0.2) is 68.2 Å². The van der Waals surface area contributed by atoms with Crippen molar-refractivity contribution in [3.63, 3.8) is 0 Å². The summed E-state index contributed by atoms with van der Waals surface area (Å²) >= 11 is 0. The topological polar surface area (TPSA) is 114 Å². The summed E-state index contributed by atoms with van der Waals surface area (Å²) in [4.78, 5) is 11.5. The zero-order valence-electron chi connectivity index (χ0n) is 19.6. The zero-order chi connectivity index (χ0) is 23.9. The Labute approximate surface area is 203 Å². The quantitative estimate of drug-likeness (QED) is 0.407. The molecule has 0 amide bonds. The number of nitrogens with two attached hydrogens (primary N) is 1. The Bertz CT molecular complexity index is 1370. The molecule has 6 rings (SSSR count). The van der Waals surface area contributed by atoms with Gasteiger partial charge in [-0.05, 0) is 36.4 Å². The van der Waals surface area contributed by atoms with E-state index in [9.17, 15) is 5.11 Å². The maximum atomic E-state index is 10.6. The molecular weight excluding hydrogens is 442 g/mol. The summed E-state index contributed by atoms with van der Waals surface area (Å²) in [6.45, 7) is 5.26. The van der Waals surface area contributed by atoms with E-state index in [0.29, 0.717) is 17.7 Å². The number of benzene rings is 1. The largest absolute Gasteiger partial charge is 0.391 e. The van der Waals surface area contributed by atoms with Gasteiger partial charge in [-0.1, -0.05) is 24.3 Å². The number of rotatable bonds is 5. The van der Waals surface area contributed by atoms with Crippen LogP contribution in [0.15, 0.2) is 55.0 Å². The standard InChI is InChI=1S/C26H29N7O2/c1-16-4-2-3-5-20(16)22-8-17-9-25(28-11-21(17)26(27)31-22)30-18-10-29-33(12-18)23-13-32(7-6-24(23)34)19-14-35-15-19/h2-5,8-12,19,23-24,34H,6-7,13-15H2,1H3,(H2,27,31)(H,28,30)/t23-,24-/m1/s1. The number of aliphatic hydroxyl groups excluding tert-OH is 1. The first-order valence-corrected chi connectivity index (χ1v) is 12.0. The second kappa shape index (κ2) is 8.92. The van der Waals surface area contributed by atoms with Gasteiger partial charge in [0.15, 0.2) is 0 Å². The molecule has 9 heteroatoms. The molecule has 2 atom stereocenters. The second-order valence-electron chi connectivity index (χ2n) is 9.44. The number of likely N-dealkylation sites (tertiary alicyclic amines) is 1. The lowest BCUT2D eigenvalue weighted by atomic mass is 10.00. The van der Waals surface area contributed by atoms with Crippen LogP contribution in [0.2, 0.25) is 0 Å². The molecule has 2 aliphatic rings. The first-order valence-electron chi connectivity index (χ1n) is 12.0. The Kier molecular flexibility index (Phi) is 5.60. The number of anilines is 3. The number of piperidine rings is 1. The van der Waals surface area contributed by atoms with Crippen LogP contribution in [0, 0.1) is 6.92 Å². The molecule has 1 aromatic carbocycles. The van der Waals surface area contributed by atoms with Crippen LogP contribution < -0.4 is 11.1 Å². The average molecular weight is 472 g/mol. The monoisotopic (exact) mass is 471 g/mol. The van der Waals surface area contributed by atoms with Crippen LogP contribution in [0.4, 0.5) is 17.3 Å². The minimum absolute atomic E-state index is 0.0907. The van der Waals surface area contributed by atoms with Crippen molar-refractivity contribution in [2.75, 3.05) is 37.4 Å². The molecule has 2 fully saturated rings. The van der Waals surface area contributed by atoms with E-state index in [2.05, 4.69) is 44.3 Å². The van der Waals surface area contributed by atoms with Gasteiger partial charge in [0.05, 0.1) is 49.0 Å². The smallest absolute Gasteiger partial charge is 0.133 e. The van der Waals surface area contributed by atoms with Crippen molar-refractivity contribution in [3.05, 3.63) is 60.6 Å². The number of aliphatic hydroxyl groups is 1. The number of aryl methyl sites for hydroxylation is 1. The van der Waals surface area contributed by atoms with E-state index in [0.717, 1.165) is 66.0 Å². The summed E-state index contributed by atoms with van der Waals surface area (Å²) < 4.78 is 7.21. The molecule has 0 radical (unpaired) electrons.